The summed E-state index contributed by atoms with van der Waals surface area (Å²) >= 11 is 3.50. The number of hydrogen-bond donors (Lipinski definition) is 2. The first-order valence-electron chi connectivity index (χ1n) is 9.73. The van der Waals surface area contributed by atoms with E-state index < -0.39 is 14.0 Å². The minimum Gasteiger partial charge on any atom is -0.479 e. The molecule has 0 saturated heterocycles. The number of nitrogens with zero attached hydrogens (tertiary/aromatic N) is 2. The zero-order chi connectivity index (χ0) is 23.5. The lowest BCUT2D eigenvalue weighted by atomic mass is 10.3. The third-order valence-corrected chi connectivity index (χ3v) is 7.20. The number of amides is 1. The van der Waals surface area contributed by atoms with Gasteiger partial charge in [0.05, 0.1) is 26.8 Å². The average Bonchev–Trinajstić information content (AvgIpc) is 3.23. The summed E-state index contributed by atoms with van der Waals surface area (Å²) in [5, 5.41) is 6.71. The van der Waals surface area contributed by atoms with Gasteiger partial charge in [0.15, 0.2) is 11.4 Å². The van der Waals surface area contributed by atoms with E-state index in [-0.39, 0.29) is 35.1 Å². The van der Waals surface area contributed by atoms with Crippen LogP contribution in [0.5, 0.6) is 23.5 Å². The van der Waals surface area contributed by atoms with E-state index >= 15 is 0 Å². The van der Waals surface area contributed by atoms with Crippen molar-refractivity contribution >= 4 is 46.7 Å². The fourth-order valence-corrected chi connectivity index (χ4v) is 4.24. The summed E-state index contributed by atoms with van der Waals surface area (Å²) in [5.41, 5.74) is 0.184. The van der Waals surface area contributed by atoms with Gasteiger partial charge in [-0.25, -0.2) is 0 Å². The predicted octanol–water partition coefficient (Wildman–Crippen LogP) is 4.48. The quantitative estimate of drug-likeness (QED) is 0.418. The number of furan rings is 1. The molecule has 3 aromatic rings. The molecule has 0 atom stereocenters. The van der Waals surface area contributed by atoms with Crippen LogP contribution in [0.3, 0.4) is 0 Å². The first-order valence-corrected chi connectivity index (χ1v) is 14.0. The highest BCUT2D eigenvalue weighted by atomic mass is 79.9. The van der Waals surface area contributed by atoms with Gasteiger partial charge in [-0.2, -0.15) is 9.97 Å². The molecule has 11 heteroatoms. The van der Waals surface area contributed by atoms with Gasteiger partial charge in [0.1, 0.15) is 5.75 Å². The Kier molecular flexibility index (Phi) is 7.09. The zero-order valence-electron chi connectivity index (χ0n) is 18.7. The maximum Gasteiger partial charge on any atom is 0.291 e. The molecular formula is C21H25BrN4O5Si. The van der Waals surface area contributed by atoms with Crippen molar-refractivity contribution in [1.82, 2.24) is 9.97 Å². The largest absolute Gasteiger partial charge is 0.479 e. The third-order valence-electron chi connectivity index (χ3n) is 4.50. The molecule has 0 radical (unpaired) electrons. The average molecular weight is 521 g/mol. The van der Waals surface area contributed by atoms with Crippen LogP contribution in [0, 0.1) is 0 Å². The molecule has 3 rings (SSSR count). The van der Waals surface area contributed by atoms with Crippen molar-refractivity contribution in [3.63, 3.8) is 0 Å². The normalized spacial score (nSPS) is 11.1. The number of anilines is 2. The third kappa shape index (κ3) is 5.22. The van der Waals surface area contributed by atoms with Crippen LogP contribution in [-0.2, 0) is 0 Å². The van der Waals surface area contributed by atoms with Crippen molar-refractivity contribution in [1.29, 1.82) is 0 Å². The molecule has 1 amide bonds. The van der Waals surface area contributed by atoms with E-state index in [0.29, 0.717) is 5.75 Å². The van der Waals surface area contributed by atoms with Crippen molar-refractivity contribution < 1.29 is 23.4 Å². The molecule has 0 fully saturated rings. The molecule has 9 nitrogen and oxygen atoms in total. The Labute approximate surface area is 195 Å². The summed E-state index contributed by atoms with van der Waals surface area (Å²) in [6, 6.07) is 9.13. The molecule has 0 bridgehead atoms. The highest BCUT2D eigenvalue weighted by molar-refractivity contribution is 9.10. The van der Waals surface area contributed by atoms with Gasteiger partial charge in [0.25, 0.3) is 11.9 Å². The smallest absolute Gasteiger partial charge is 0.291 e. The summed E-state index contributed by atoms with van der Waals surface area (Å²) in [4.78, 5) is 21.1. The second-order valence-electron chi connectivity index (χ2n) is 7.76. The minimum atomic E-state index is -1.52. The van der Waals surface area contributed by atoms with Crippen molar-refractivity contribution in [2.24, 2.45) is 0 Å². The van der Waals surface area contributed by atoms with Gasteiger partial charge in [0.2, 0.25) is 17.7 Å². The Morgan fingerprint density at radius 3 is 2.28 bits per heavy atom. The van der Waals surface area contributed by atoms with Crippen molar-refractivity contribution in [2.75, 3.05) is 31.9 Å². The molecule has 1 aromatic carbocycles. The molecule has 2 heterocycles. The number of benzene rings is 1. The highest BCUT2D eigenvalue weighted by Crippen LogP contribution is 2.34. The fourth-order valence-electron chi connectivity index (χ4n) is 2.76. The molecule has 0 saturated carbocycles. The summed E-state index contributed by atoms with van der Waals surface area (Å²) in [6.07, 6.45) is 0. The van der Waals surface area contributed by atoms with Crippen molar-refractivity contribution in [3.05, 3.63) is 40.6 Å². The van der Waals surface area contributed by atoms with Crippen LogP contribution in [0.25, 0.3) is 0 Å². The van der Waals surface area contributed by atoms with Crippen molar-refractivity contribution in [2.45, 2.75) is 19.6 Å². The monoisotopic (exact) mass is 520 g/mol. The number of aromatic nitrogens is 2. The van der Waals surface area contributed by atoms with E-state index in [1.54, 1.807) is 13.1 Å². The number of carbonyl (C=O) groups excluding carboxylic acids is 1. The van der Waals surface area contributed by atoms with E-state index in [0.717, 1.165) is 4.47 Å². The van der Waals surface area contributed by atoms with Gasteiger partial charge < -0.3 is 29.3 Å². The first-order chi connectivity index (χ1) is 15.2. The maximum atomic E-state index is 12.8. The van der Waals surface area contributed by atoms with E-state index in [1.807, 2.05) is 12.1 Å². The molecule has 0 aliphatic heterocycles. The lowest BCUT2D eigenvalue weighted by Crippen LogP contribution is -2.37. The Morgan fingerprint density at radius 2 is 1.72 bits per heavy atom. The van der Waals surface area contributed by atoms with Gasteiger partial charge in [-0.3, -0.25) is 4.79 Å². The Balaban J connectivity index is 1.82. The van der Waals surface area contributed by atoms with E-state index in [4.69, 9.17) is 18.6 Å². The van der Waals surface area contributed by atoms with E-state index in [9.17, 15) is 4.79 Å². The van der Waals surface area contributed by atoms with Crippen LogP contribution in [-0.4, -0.2) is 45.2 Å². The summed E-state index contributed by atoms with van der Waals surface area (Å²) in [6.45, 7) is 6.76. The number of hydrogen-bond acceptors (Lipinski definition) is 8. The van der Waals surface area contributed by atoms with Gasteiger partial charge >= 0.3 is 0 Å². The fraction of sp³-hybridized carbons (Fsp3) is 0.286. The van der Waals surface area contributed by atoms with Crippen LogP contribution < -0.4 is 30.0 Å². The molecule has 2 aromatic heterocycles. The van der Waals surface area contributed by atoms with Gasteiger partial charge in [-0.05, 0) is 34.1 Å². The molecule has 0 spiro atoms. The predicted molar refractivity (Wildman–Crippen MR) is 129 cm³/mol. The molecule has 0 aliphatic carbocycles. The lowest BCUT2D eigenvalue weighted by molar-refractivity contribution is 0.0990. The topological polar surface area (TPSA) is 108 Å². The molecule has 2 N–H and O–H groups in total. The SMILES string of the molecule is CNc1nc(OC)c(NC(=O)c2ccc(Oc3cc([Si](C)(C)C)ccc3Br)o2)c(OC)n1. The lowest BCUT2D eigenvalue weighted by Gasteiger charge is -2.18. The highest BCUT2D eigenvalue weighted by Gasteiger charge is 2.22. The number of rotatable bonds is 8. The number of carbonyl (C=O) groups is 1. The second-order valence-corrected chi connectivity index (χ2v) is 13.7. The Hall–Kier alpha value is -3.05. The molecular weight excluding hydrogens is 496 g/mol. The number of methoxy groups -OCH3 is 2. The van der Waals surface area contributed by atoms with E-state index in [2.05, 4.69) is 62.2 Å². The zero-order valence-corrected chi connectivity index (χ0v) is 21.3. The Morgan fingerprint density at radius 1 is 1.06 bits per heavy atom. The van der Waals surface area contributed by atoms with Crippen molar-refractivity contribution in [3.8, 4) is 23.5 Å². The second kappa shape index (κ2) is 9.61. The standard InChI is InChI=1S/C21H25BrN4O5Si/c1-23-21-25-19(28-2)17(20(26-21)29-3)24-18(27)14-9-10-16(30-14)31-15-11-12(32(4,5)6)7-8-13(15)22/h7-11H,1-6H3,(H,24,27)(H,23,25,26). The van der Waals surface area contributed by atoms with Gasteiger partial charge in [-0.1, -0.05) is 30.9 Å². The maximum absolute atomic E-state index is 12.8. The van der Waals surface area contributed by atoms with Crippen LogP contribution in [0.4, 0.5) is 11.6 Å². The minimum absolute atomic E-state index is 0.0410. The summed E-state index contributed by atoms with van der Waals surface area (Å²) in [7, 11) is 3.01. The molecule has 0 unspecified atom stereocenters. The molecule has 170 valence electrons. The van der Waals surface area contributed by atoms with Crippen LogP contribution in [0.2, 0.25) is 19.6 Å². The van der Waals surface area contributed by atoms with Gasteiger partial charge in [-0.15, -0.1) is 0 Å². The number of nitrogens with one attached hydrogen (secondary N) is 2. The van der Waals surface area contributed by atoms with Crippen LogP contribution in [0.1, 0.15) is 10.6 Å². The summed E-state index contributed by atoms with van der Waals surface area (Å²) in [5.74, 6) is 0.882. The summed E-state index contributed by atoms with van der Waals surface area (Å²) < 4.78 is 22.8. The van der Waals surface area contributed by atoms with Crippen LogP contribution in [0.15, 0.2) is 39.2 Å². The first kappa shape index (κ1) is 23.6. The van der Waals surface area contributed by atoms with Crippen LogP contribution >= 0.6 is 15.9 Å². The number of halogens is 1. The molecule has 0 aliphatic rings. The molecule has 32 heavy (non-hydrogen) atoms. The van der Waals surface area contributed by atoms with E-state index in [1.165, 1.54) is 25.5 Å². The number of ether oxygens (including phenoxy) is 3. The van der Waals surface area contributed by atoms with Gasteiger partial charge in [0, 0.05) is 13.1 Å². The Bertz CT molecular complexity index is 1100.